The standard InChI is InChI=1S/C13H20N2O/c1-3-7-11(14-9-4-2)13(16)12-8-5-6-10-15-12/h3,6-7,10,12,15H,4-5,8-9H2,1-2H3/b7-3-,14-11?/t12-/m0/s1. The second-order valence-electron chi connectivity index (χ2n) is 3.83. The average molecular weight is 220 g/mol. The first-order valence-corrected chi connectivity index (χ1v) is 5.92. The van der Waals surface area contributed by atoms with E-state index in [1.54, 1.807) is 6.08 Å². The Balaban J connectivity index is 2.70. The molecule has 3 nitrogen and oxygen atoms in total. The summed E-state index contributed by atoms with van der Waals surface area (Å²) in [6.45, 7) is 4.68. The van der Waals surface area contributed by atoms with Gasteiger partial charge >= 0.3 is 0 Å². The molecule has 0 saturated carbocycles. The summed E-state index contributed by atoms with van der Waals surface area (Å²) in [5, 5.41) is 3.09. The number of ketones is 1. The van der Waals surface area contributed by atoms with E-state index in [-0.39, 0.29) is 11.8 Å². The van der Waals surface area contributed by atoms with Gasteiger partial charge in [0, 0.05) is 6.54 Å². The summed E-state index contributed by atoms with van der Waals surface area (Å²) in [5.74, 6) is 0.107. The number of hydrogen-bond acceptors (Lipinski definition) is 3. The molecule has 0 saturated heterocycles. The van der Waals surface area contributed by atoms with E-state index >= 15 is 0 Å². The van der Waals surface area contributed by atoms with Crippen LogP contribution in [0.3, 0.4) is 0 Å². The Labute approximate surface area is 97.3 Å². The molecule has 1 rings (SSSR count). The van der Waals surface area contributed by atoms with Crippen molar-refractivity contribution in [1.82, 2.24) is 5.32 Å². The summed E-state index contributed by atoms with van der Waals surface area (Å²) in [4.78, 5) is 16.4. The predicted octanol–water partition coefficient (Wildman–Crippen LogP) is 2.25. The first-order valence-electron chi connectivity index (χ1n) is 5.92. The molecule has 0 fully saturated rings. The second-order valence-corrected chi connectivity index (χ2v) is 3.83. The predicted molar refractivity (Wildman–Crippen MR) is 67.7 cm³/mol. The topological polar surface area (TPSA) is 41.5 Å². The van der Waals surface area contributed by atoms with Crippen LogP contribution >= 0.6 is 0 Å². The van der Waals surface area contributed by atoms with Gasteiger partial charge in [-0.15, -0.1) is 0 Å². The highest BCUT2D eigenvalue weighted by Crippen LogP contribution is 2.07. The van der Waals surface area contributed by atoms with Crippen LogP contribution in [0.1, 0.15) is 33.1 Å². The van der Waals surface area contributed by atoms with Crippen LogP contribution in [0.15, 0.2) is 29.4 Å². The molecule has 0 radical (unpaired) electrons. The number of Topliss-reactive ketones (excluding diaryl/α,β-unsaturated/α-hetero) is 1. The third-order valence-electron chi connectivity index (χ3n) is 2.44. The van der Waals surface area contributed by atoms with Gasteiger partial charge in [0.15, 0.2) is 0 Å². The second kappa shape index (κ2) is 6.99. The van der Waals surface area contributed by atoms with Gasteiger partial charge in [0.1, 0.15) is 5.71 Å². The number of aliphatic imine (C=N–C) groups is 1. The first-order chi connectivity index (χ1) is 7.79. The number of allylic oxidation sites excluding steroid dienone is 3. The van der Waals surface area contributed by atoms with Gasteiger partial charge in [0.25, 0.3) is 0 Å². The number of rotatable bonds is 5. The highest BCUT2D eigenvalue weighted by molar-refractivity contribution is 6.45. The molecular weight excluding hydrogens is 200 g/mol. The maximum absolute atomic E-state index is 12.1. The van der Waals surface area contributed by atoms with Gasteiger partial charge in [-0.25, -0.2) is 0 Å². The summed E-state index contributed by atoms with van der Waals surface area (Å²) >= 11 is 0. The Morgan fingerprint density at radius 1 is 1.62 bits per heavy atom. The van der Waals surface area contributed by atoms with Crippen LogP contribution in [0.25, 0.3) is 0 Å². The Kier molecular flexibility index (Phi) is 5.54. The molecule has 0 bridgehead atoms. The minimum atomic E-state index is -0.100. The Bertz CT molecular complexity index is 316. The lowest BCUT2D eigenvalue weighted by molar-refractivity contribution is -0.114. The summed E-state index contributed by atoms with van der Waals surface area (Å²) in [6.07, 6.45) is 10.4. The molecule has 1 aliphatic heterocycles. The van der Waals surface area contributed by atoms with Crippen molar-refractivity contribution < 1.29 is 4.79 Å². The molecule has 0 aromatic rings. The number of hydrogen-bond donors (Lipinski definition) is 1. The Morgan fingerprint density at radius 3 is 3.00 bits per heavy atom. The van der Waals surface area contributed by atoms with Crippen molar-refractivity contribution in [3.63, 3.8) is 0 Å². The lowest BCUT2D eigenvalue weighted by Crippen LogP contribution is -2.39. The molecule has 88 valence electrons. The Morgan fingerprint density at radius 2 is 2.44 bits per heavy atom. The van der Waals surface area contributed by atoms with Crippen molar-refractivity contribution in [2.24, 2.45) is 4.99 Å². The quantitative estimate of drug-likeness (QED) is 0.722. The summed E-state index contributed by atoms with van der Waals surface area (Å²) in [7, 11) is 0. The van der Waals surface area contributed by atoms with E-state index in [4.69, 9.17) is 0 Å². The molecule has 0 aromatic carbocycles. The van der Waals surface area contributed by atoms with Gasteiger partial charge < -0.3 is 5.32 Å². The van der Waals surface area contributed by atoms with Crippen molar-refractivity contribution >= 4 is 11.5 Å². The van der Waals surface area contributed by atoms with E-state index in [0.29, 0.717) is 12.3 Å². The minimum Gasteiger partial charge on any atom is -0.381 e. The summed E-state index contributed by atoms with van der Waals surface area (Å²) in [5.41, 5.74) is 0.595. The maximum Gasteiger partial charge on any atom is 0.202 e. The van der Waals surface area contributed by atoms with Crippen LogP contribution in [0.5, 0.6) is 0 Å². The van der Waals surface area contributed by atoms with Gasteiger partial charge in [-0.05, 0) is 38.5 Å². The molecule has 1 aliphatic rings. The molecule has 0 spiro atoms. The molecule has 16 heavy (non-hydrogen) atoms. The van der Waals surface area contributed by atoms with E-state index in [2.05, 4.69) is 17.2 Å². The fourth-order valence-electron chi connectivity index (χ4n) is 1.60. The highest BCUT2D eigenvalue weighted by atomic mass is 16.1. The van der Waals surface area contributed by atoms with Crippen molar-refractivity contribution in [1.29, 1.82) is 0 Å². The van der Waals surface area contributed by atoms with E-state index in [1.165, 1.54) is 0 Å². The monoisotopic (exact) mass is 220 g/mol. The third kappa shape index (κ3) is 3.65. The van der Waals surface area contributed by atoms with Gasteiger partial charge in [-0.1, -0.05) is 19.1 Å². The van der Waals surface area contributed by atoms with Crippen molar-refractivity contribution in [3.8, 4) is 0 Å². The molecule has 3 heteroatoms. The molecule has 1 heterocycles. The zero-order chi connectivity index (χ0) is 11.8. The first kappa shape index (κ1) is 12.7. The average Bonchev–Trinajstić information content (AvgIpc) is 2.35. The van der Waals surface area contributed by atoms with Crippen LogP contribution in [-0.2, 0) is 4.79 Å². The lowest BCUT2D eigenvalue weighted by atomic mass is 10.0. The number of carbonyl (C=O) groups is 1. The summed E-state index contributed by atoms with van der Waals surface area (Å²) in [6, 6.07) is -0.100. The third-order valence-corrected chi connectivity index (χ3v) is 2.44. The fraction of sp³-hybridized carbons (Fsp3) is 0.538. The van der Waals surface area contributed by atoms with Gasteiger partial charge in [-0.2, -0.15) is 0 Å². The van der Waals surface area contributed by atoms with Crippen molar-refractivity contribution in [3.05, 3.63) is 24.4 Å². The van der Waals surface area contributed by atoms with Crippen molar-refractivity contribution in [2.45, 2.75) is 39.2 Å². The van der Waals surface area contributed by atoms with E-state index in [0.717, 1.165) is 19.3 Å². The lowest BCUT2D eigenvalue weighted by Gasteiger charge is -2.18. The summed E-state index contributed by atoms with van der Waals surface area (Å²) < 4.78 is 0. The highest BCUT2D eigenvalue weighted by Gasteiger charge is 2.21. The van der Waals surface area contributed by atoms with Gasteiger partial charge in [0.05, 0.1) is 6.04 Å². The zero-order valence-corrected chi connectivity index (χ0v) is 10.1. The zero-order valence-electron chi connectivity index (χ0n) is 10.1. The minimum absolute atomic E-state index is 0.100. The van der Waals surface area contributed by atoms with Gasteiger partial charge in [0.2, 0.25) is 5.78 Å². The van der Waals surface area contributed by atoms with Crippen LogP contribution in [0, 0.1) is 0 Å². The number of carbonyl (C=O) groups excluding carboxylic acids is 1. The fourth-order valence-corrected chi connectivity index (χ4v) is 1.60. The SMILES string of the molecule is C/C=C\C(=NCCC)C(=O)[C@@H]1CCC=CN1. The van der Waals surface area contributed by atoms with Crippen LogP contribution in [0.2, 0.25) is 0 Å². The van der Waals surface area contributed by atoms with Crippen LogP contribution in [0.4, 0.5) is 0 Å². The van der Waals surface area contributed by atoms with E-state index < -0.39 is 0 Å². The molecule has 1 N–H and O–H groups in total. The Hall–Kier alpha value is -1.38. The largest absolute Gasteiger partial charge is 0.381 e. The molecule has 1 atom stereocenters. The molecule has 0 amide bonds. The van der Waals surface area contributed by atoms with Gasteiger partial charge in [-0.3, -0.25) is 9.79 Å². The van der Waals surface area contributed by atoms with Crippen LogP contribution in [-0.4, -0.2) is 24.1 Å². The molecule has 0 aromatic heterocycles. The van der Waals surface area contributed by atoms with Crippen molar-refractivity contribution in [2.75, 3.05) is 6.54 Å². The smallest absolute Gasteiger partial charge is 0.202 e. The van der Waals surface area contributed by atoms with Crippen LogP contribution < -0.4 is 5.32 Å². The molecule has 0 unspecified atom stereocenters. The molecular formula is C13H20N2O. The molecule has 0 aliphatic carbocycles. The number of nitrogens with one attached hydrogen (secondary N) is 1. The number of nitrogens with zero attached hydrogens (tertiary/aromatic N) is 1. The van der Waals surface area contributed by atoms with E-state index in [1.807, 2.05) is 25.3 Å². The normalized spacial score (nSPS) is 21.1. The van der Waals surface area contributed by atoms with E-state index in [9.17, 15) is 4.79 Å². The maximum atomic E-state index is 12.1.